The lowest BCUT2D eigenvalue weighted by Crippen LogP contribution is -2.25. The molecule has 1 unspecified atom stereocenters. The fraction of sp³-hybridized carbons (Fsp3) is 0.571. The van der Waals surface area contributed by atoms with E-state index >= 15 is 0 Å². The zero-order chi connectivity index (χ0) is 12.1. The number of ether oxygens (including phenoxy) is 1. The molecule has 1 aliphatic heterocycles. The fourth-order valence-corrected chi connectivity index (χ4v) is 2.14. The average molecular weight is 234 g/mol. The second-order valence-corrected chi connectivity index (χ2v) is 4.70. The molecule has 1 aromatic rings. The van der Waals surface area contributed by atoms with Crippen molar-refractivity contribution in [1.29, 1.82) is 0 Å². The van der Waals surface area contributed by atoms with Crippen molar-refractivity contribution < 1.29 is 4.74 Å². The van der Waals surface area contributed by atoms with Crippen molar-refractivity contribution in [2.75, 3.05) is 25.5 Å². The van der Waals surface area contributed by atoms with Crippen LogP contribution in [0.15, 0.2) is 18.2 Å². The lowest BCUT2D eigenvalue weighted by atomic mass is 10.0. The molecule has 1 atom stereocenters. The first-order chi connectivity index (χ1) is 8.29. The van der Waals surface area contributed by atoms with Gasteiger partial charge in [0, 0.05) is 32.4 Å². The molecular formula is C14H22N2O. The Morgan fingerprint density at radius 3 is 3.18 bits per heavy atom. The highest BCUT2D eigenvalue weighted by atomic mass is 16.5. The van der Waals surface area contributed by atoms with Gasteiger partial charge in [-0.05, 0) is 37.0 Å². The summed E-state index contributed by atoms with van der Waals surface area (Å²) in [5.74, 6) is 0. The Hall–Kier alpha value is -1.06. The van der Waals surface area contributed by atoms with Crippen LogP contribution < -0.4 is 10.6 Å². The first kappa shape index (κ1) is 12.4. The Kier molecular flexibility index (Phi) is 4.40. The van der Waals surface area contributed by atoms with Crippen LogP contribution in [-0.2, 0) is 17.7 Å². The van der Waals surface area contributed by atoms with Crippen LogP contribution in [0.25, 0.3) is 0 Å². The number of anilines is 1. The van der Waals surface area contributed by atoms with E-state index in [-0.39, 0.29) is 6.10 Å². The summed E-state index contributed by atoms with van der Waals surface area (Å²) in [6.45, 7) is 4.99. The molecule has 0 aromatic heterocycles. The largest absolute Gasteiger partial charge is 0.385 e. The molecule has 0 amide bonds. The van der Waals surface area contributed by atoms with Gasteiger partial charge in [-0.1, -0.05) is 12.1 Å². The Balaban J connectivity index is 1.89. The van der Waals surface area contributed by atoms with Crippen molar-refractivity contribution in [3.63, 3.8) is 0 Å². The Morgan fingerprint density at radius 2 is 2.35 bits per heavy atom. The monoisotopic (exact) mass is 234 g/mol. The number of aryl methyl sites for hydroxylation is 1. The Bertz CT molecular complexity index is 365. The normalized spacial score (nSPS) is 16.1. The quantitative estimate of drug-likeness (QED) is 0.819. The van der Waals surface area contributed by atoms with Crippen LogP contribution in [-0.4, -0.2) is 26.3 Å². The maximum atomic E-state index is 5.21. The minimum absolute atomic E-state index is 0.272. The van der Waals surface area contributed by atoms with Crippen molar-refractivity contribution in [2.24, 2.45) is 0 Å². The Labute approximate surface area is 104 Å². The van der Waals surface area contributed by atoms with E-state index in [4.69, 9.17) is 4.74 Å². The summed E-state index contributed by atoms with van der Waals surface area (Å²) in [6, 6.07) is 6.71. The lowest BCUT2D eigenvalue weighted by Gasteiger charge is -2.19. The Morgan fingerprint density at radius 1 is 1.47 bits per heavy atom. The number of hydrogen-bond donors (Lipinski definition) is 2. The number of hydrogen-bond acceptors (Lipinski definition) is 3. The minimum Gasteiger partial charge on any atom is -0.385 e. The third kappa shape index (κ3) is 3.45. The summed E-state index contributed by atoms with van der Waals surface area (Å²) in [6.07, 6.45) is 2.71. The molecule has 3 heteroatoms. The molecule has 3 nitrogen and oxygen atoms in total. The van der Waals surface area contributed by atoms with Crippen molar-refractivity contribution in [3.8, 4) is 0 Å². The number of methoxy groups -OCH3 is 1. The van der Waals surface area contributed by atoms with Gasteiger partial charge in [-0.2, -0.15) is 0 Å². The summed E-state index contributed by atoms with van der Waals surface area (Å²) in [7, 11) is 1.75. The van der Waals surface area contributed by atoms with E-state index < -0.39 is 0 Å². The average Bonchev–Trinajstić information content (AvgIpc) is 2.38. The molecular weight excluding hydrogens is 212 g/mol. The summed E-state index contributed by atoms with van der Waals surface area (Å²) in [5, 5.41) is 6.85. The number of benzene rings is 1. The number of fused-ring (bicyclic) bond motifs is 1. The van der Waals surface area contributed by atoms with Crippen molar-refractivity contribution in [3.05, 3.63) is 29.3 Å². The predicted molar refractivity (Wildman–Crippen MR) is 71.4 cm³/mol. The highest BCUT2D eigenvalue weighted by molar-refractivity contribution is 5.54. The van der Waals surface area contributed by atoms with Crippen LogP contribution in [0, 0.1) is 0 Å². The first-order valence-electron chi connectivity index (χ1n) is 6.39. The first-order valence-corrected chi connectivity index (χ1v) is 6.39. The number of rotatable bonds is 5. The van der Waals surface area contributed by atoms with Crippen molar-refractivity contribution in [2.45, 2.75) is 32.4 Å². The van der Waals surface area contributed by atoms with Crippen LogP contribution in [0.2, 0.25) is 0 Å². The molecule has 94 valence electrons. The van der Waals surface area contributed by atoms with Gasteiger partial charge in [0.25, 0.3) is 0 Å². The zero-order valence-corrected chi connectivity index (χ0v) is 10.8. The van der Waals surface area contributed by atoms with E-state index in [1.807, 2.05) is 0 Å². The van der Waals surface area contributed by atoms with Gasteiger partial charge in [0.1, 0.15) is 0 Å². The third-order valence-electron chi connectivity index (χ3n) is 3.27. The van der Waals surface area contributed by atoms with Crippen LogP contribution in [0.1, 0.15) is 24.5 Å². The molecule has 0 radical (unpaired) electrons. The lowest BCUT2D eigenvalue weighted by molar-refractivity contribution is 0.117. The zero-order valence-electron chi connectivity index (χ0n) is 10.8. The smallest absolute Gasteiger partial charge is 0.0667 e. The molecule has 17 heavy (non-hydrogen) atoms. The highest BCUT2D eigenvalue weighted by Crippen LogP contribution is 2.22. The highest BCUT2D eigenvalue weighted by Gasteiger charge is 2.08. The maximum Gasteiger partial charge on any atom is 0.0667 e. The van der Waals surface area contributed by atoms with Gasteiger partial charge in [-0.25, -0.2) is 0 Å². The van der Waals surface area contributed by atoms with E-state index in [2.05, 4.69) is 35.8 Å². The van der Waals surface area contributed by atoms with E-state index in [1.165, 1.54) is 29.7 Å². The molecule has 0 fully saturated rings. The van der Waals surface area contributed by atoms with E-state index in [9.17, 15) is 0 Å². The summed E-state index contributed by atoms with van der Waals surface area (Å²) >= 11 is 0. The molecule has 0 spiro atoms. The van der Waals surface area contributed by atoms with Gasteiger partial charge in [0.2, 0.25) is 0 Å². The van der Waals surface area contributed by atoms with Crippen molar-refractivity contribution in [1.82, 2.24) is 5.32 Å². The second-order valence-electron chi connectivity index (χ2n) is 4.70. The molecule has 0 aliphatic carbocycles. The summed E-state index contributed by atoms with van der Waals surface area (Å²) in [4.78, 5) is 0. The predicted octanol–water partition coefficient (Wildman–Crippen LogP) is 2.17. The number of nitrogens with one attached hydrogen (secondary N) is 2. The molecule has 1 heterocycles. The van der Waals surface area contributed by atoms with Gasteiger partial charge < -0.3 is 15.4 Å². The van der Waals surface area contributed by atoms with Crippen LogP contribution in [0.4, 0.5) is 5.69 Å². The van der Waals surface area contributed by atoms with Crippen LogP contribution in [0.5, 0.6) is 0 Å². The van der Waals surface area contributed by atoms with E-state index in [0.717, 1.165) is 19.6 Å². The second kappa shape index (κ2) is 6.03. The molecule has 2 N–H and O–H groups in total. The third-order valence-corrected chi connectivity index (χ3v) is 3.27. The van der Waals surface area contributed by atoms with E-state index in [1.54, 1.807) is 7.11 Å². The molecule has 1 aliphatic rings. The van der Waals surface area contributed by atoms with Crippen molar-refractivity contribution >= 4 is 5.69 Å². The SMILES string of the molecule is COC(C)CNCc1ccc2c(c1)CCCN2. The molecule has 1 aromatic carbocycles. The van der Waals surface area contributed by atoms with Crippen LogP contribution in [0.3, 0.4) is 0 Å². The standard InChI is InChI=1S/C14H22N2O/c1-11(17-2)9-15-10-12-5-6-14-13(8-12)4-3-7-16-14/h5-6,8,11,15-16H,3-4,7,9-10H2,1-2H3. The minimum atomic E-state index is 0.272. The van der Waals surface area contributed by atoms with Crippen LogP contribution >= 0.6 is 0 Å². The topological polar surface area (TPSA) is 33.3 Å². The molecule has 0 bridgehead atoms. The summed E-state index contributed by atoms with van der Waals surface area (Å²) in [5.41, 5.74) is 4.12. The van der Waals surface area contributed by atoms with Gasteiger partial charge in [0.05, 0.1) is 6.10 Å². The molecule has 0 saturated carbocycles. The molecule has 2 rings (SSSR count). The molecule has 0 saturated heterocycles. The van der Waals surface area contributed by atoms with Gasteiger partial charge in [-0.3, -0.25) is 0 Å². The van der Waals surface area contributed by atoms with Gasteiger partial charge in [-0.15, -0.1) is 0 Å². The maximum absolute atomic E-state index is 5.21. The van der Waals surface area contributed by atoms with Gasteiger partial charge >= 0.3 is 0 Å². The fourth-order valence-electron chi connectivity index (χ4n) is 2.14. The van der Waals surface area contributed by atoms with E-state index in [0.29, 0.717) is 0 Å². The summed E-state index contributed by atoms with van der Waals surface area (Å²) < 4.78 is 5.21. The van der Waals surface area contributed by atoms with Gasteiger partial charge in [0.15, 0.2) is 0 Å².